The maximum Gasteiger partial charge on any atom is 0.231 e. The fourth-order valence-corrected chi connectivity index (χ4v) is 4.26. The molecule has 3 heterocycles. The van der Waals surface area contributed by atoms with Crippen molar-refractivity contribution in [2.24, 2.45) is 11.7 Å². The van der Waals surface area contributed by atoms with Crippen molar-refractivity contribution >= 4 is 23.5 Å². The molecule has 1 aliphatic carbocycles. The molecule has 1 saturated carbocycles. The Morgan fingerprint density at radius 2 is 2.07 bits per heavy atom. The molecule has 4 rings (SSSR count). The van der Waals surface area contributed by atoms with Crippen molar-refractivity contribution in [3.8, 4) is 0 Å². The zero-order chi connectivity index (χ0) is 20.4. The normalized spacial score (nSPS) is 24.7. The van der Waals surface area contributed by atoms with Crippen LogP contribution in [-0.4, -0.2) is 64.2 Å². The van der Waals surface area contributed by atoms with Crippen LogP contribution < -0.4 is 16.0 Å². The van der Waals surface area contributed by atoms with Crippen molar-refractivity contribution in [3.63, 3.8) is 0 Å². The van der Waals surface area contributed by atoms with E-state index in [1.54, 1.807) is 11.1 Å². The van der Waals surface area contributed by atoms with Crippen LogP contribution in [0.3, 0.4) is 0 Å². The zero-order valence-corrected chi connectivity index (χ0v) is 17.1. The van der Waals surface area contributed by atoms with Gasteiger partial charge in [0.05, 0.1) is 5.92 Å². The Bertz CT molecular complexity index is 845. The molecule has 2 aliphatic rings. The molecule has 9 nitrogen and oxygen atoms in total. The number of likely N-dealkylation sites (tertiary alicyclic amines) is 1. The number of rotatable bonds is 6. The zero-order valence-electron chi connectivity index (χ0n) is 17.1. The first-order valence-electron chi connectivity index (χ1n) is 10.4. The lowest BCUT2D eigenvalue weighted by molar-refractivity contribution is -0.127. The van der Waals surface area contributed by atoms with E-state index < -0.39 is 0 Å². The third kappa shape index (κ3) is 4.50. The summed E-state index contributed by atoms with van der Waals surface area (Å²) < 4.78 is 0. The lowest BCUT2D eigenvalue weighted by Crippen LogP contribution is -2.33. The topological polar surface area (TPSA) is 116 Å². The number of carbonyl (C=O) groups excluding carboxylic acids is 1. The molecule has 0 aromatic carbocycles. The highest BCUT2D eigenvalue weighted by Crippen LogP contribution is 2.28. The highest BCUT2D eigenvalue weighted by molar-refractivity contribution is 5.85. The monoisotopic (exact) mass is 398 g/mol. The second kappa shape index (κ2) is 8.36. The second-order valence-electron chi connectivity index (χ2n) is 8.34. The summed E-state index contributed by atoms with van der Waals surface area (Å²) in [6.07, 6.45) is 7.08. The van der Waals surface area contributed by atoms with Crippen molar-refractivity contribution in [2.45, 2.75) is 44.1 Å². The number of amides is 1. The first-order chi connectivity index (χ1) is 14.0. The summed E-state index contributed by atoms with van der Waals surface area (Å²) in [6, 6.07) is 4.07. The average Bonchev–Trinajstić information content (AvgIpc) is 3.30. The van der Waals surface area contributed by atoms with Crippen LogP contribution in [0.5, 0.6) is 0 Å². The van der Waals surface area contributed by atoms with Crippen LogP contribution >= 0.6 is 0 Å². The number of H-pyrrole nitrogens is 1. The minimum atomic E-state index is -0.140. The molecule has 2 aromatic heterocycles. The Morgan fingerprint density at radius 1 is 1.28 bits per heavy atom. The van der Waals surface area contributed by atoms with E-state index in [1.165, 1.54) is 0 Å². The Hall–Kier alpha value is -2.68. The number of hydrogen-bond donors (Lipinski definition) is 3. The number of aromatic nitrogens is 4. The first-order valence-corrected chi connectivity index (χ1v) is 10.4. The lowest BCUT2D eigenvalue weighted by Gasteiger charge is -2.29. The quantitative estimate of drug-likeness (QED) is 0.680. The highest BCUT2D eigenvalue weighted by atomic mass is 16.2. The van der Waals surface area contributed by atoms with Crippen molar-refractivity contribution < 1.29 is 4.79 Å². The van der Waals surface area contributed by atoms with Gasteiger partial charge in [-0.2, -0.15) is 10.1 Å². The number of likely N-dealkylation sites (N-methyl/N-ethyl adjacent to an activating group) is 1. The SMILES string of the molecule is CN1CC[C@H](c2cc(Nc3ccnc(N(C)CC4CCC(N)CC4)n3)n[nH]2)C1=O. The summed E-state index contributed by atoms with van der Waals surface area (Å²) >= 11 is 0. The van der Waals surface area contributed by atoms with E-state index in [2.05, 4.69) is 30.4 Å². The van der Waals surface area contributed by atoms with Crippen LogP contribution in [-0.2, 0) is 4.79 Å². The van der Waals surface area contributed by atoms with Crippen molar-refractivity contribution in [3.05, 3.63) is 24.0 Å². The molecule has 1 aliphatic heterocycles. The minimum Gasteiger partial charge on any atom is -0.345 e. The van der Waals surface area contributed by atoms with Gasteiger partial charge < -0.3 is 20.9 Å². The molecule has 0 radical (unpaired) electrons. The molecule has 1 amide bonds. The lowest BCUT2D eigenvalue weighted by atomic mass is 9.86. The van der Waals surface area contributed by atoms with Crippen LogP contribution in [0.15, 0.2) is 18.3 Å². The van der Waals surface area contributed by atoms with Crippen molar-refractivity contribution in [2.75, 3.05) is 37.4 Å². The van der Waals surface area contributed by atoms with Gasteiger partial charge in [0.15, 0.2) is 5.82 Å². The second-order valence-corrected chi connectivity index (χ2v) is 8.34. The molecule has 0 bridgehead atoms. The number of nitrogens with zero attached hydrogens (tertiary/aromatic N) is 5. The van der Waals surface area contributed by atoms with E-state index in [4.69, 9.17) is 5.73 Å². The van der Waals surface area contributed by atoms with E-state index in [-0.39, 0.29) is 11.8 Å². The van der Waals surface area contributed by atoms with Gasteiger partial charge in [0, 0.05) is 51.2 Å². The molecule has 1 atom stereocenters. The van der Waals surface area contributed by atoms with Crippen molar-refractivity contribution in [1.82, 2.24) is 25.1 Å². The van der Waals surface area contributed by atoms with Crippen molar-refractivity contribution in [1.29, 1.82) is 0 Å². The summed E-state index contributed by atoms with van der Waals surface area (Å²) in [6.45, 7) is 1.71. The predicted octanol–water partition coefficient (Wildman–Crippen LogP) is 1.84. The van der Waals surface area contributed by atoms with Gasteiger partial charge >= 0.3 is 0 Å². The molecular weight excluding hydrogens is 368 g/mol. The molecule has 0 spiro atoms. The fourth-order valence-electron chi connectivity index (χ4n) is 4.26. The molecule has 29 heavy (non-hydrogen) atoms. The van der Waals surface area contributed by atoms with Gasteiger partial charge in [-0.3, -0.25) is 9.89 Å². The first kappa shape index (κ1) is 19.6. The number of carbonyl (C=O) groups is 1. The largest absolute Gasteiger partial charge is 0.345 e. The van der Waals surface area contributed by atoms with Crippen LogP contribution in [0.25, 0.3) is 0 Å². The van der Waals surface area contributed by atoms with Crippen LogP contribution in [0.1, 0.15) is 43.7 Å². The van der Waals surface area contributed by atoms with E-state index >= 15 is 0 Å². The maximum atomic E-state index is 12.2. The van der Waals surface area contributed by atoms with E-state index in [1.807, 2.05) is 26.2 Å². The Morgan fingerprint density at radius 3 is 2.79 bits per heavy atom. The van der Waals surface area contributed by atoms with Crippen LogP contribution in [0, 0.1) is 5.92 Å². The van der Waals surface area contributed by atoms with Crippen LogP contribution in [0.4, 0.5) is 17.6 Å². The van der Waals surface area contributed by atoms with Crippen LogP contribution in [0.2, 0.25) is 0 Å². The Kier molecular flexibility index (Phi) is 5.66. The Labute approximate surface area is 171 Å². The molecule has 2 aromatic rings. The van der Waals surface area contributed by atoms with E-state index in [9.17, 15) is 4.79 Å². The molecular formula is C20H30N8O. The summed E-state index contributed by atoms with van der Waals surface area (Å²) in [7, 11) is 3.86. The summed E-state index contributed by atoms with van der Waals surface area (Å²) in [5.41, 5.74) is 6.85. The highest BCUT2D eigenvalue weighted by Gasteiger charge is 2.31. The predicted molar refractivity (Wildman–Crippen MR) is 112 cm³/mol. The summed E-state index contributed by atoms with van der Waals surface area (Å²) in [5, 5.41) is 10.5. The standard InChI is InChI=1S/C20H30N8O/c1-27-10-8-15(19(27)29)16-11-18(26-25-16)23-17-7-9-22-20(24-17)28(2)12-13-3-5-14(21)6-4-13/h7,9,11,13-15H,3-6,8,10,12,21H2,1-2H3,(H2,22,23,24,25,26)/t13?,14?,15-/m1/s1. The van der Waals surface area contributed by atoms with Gasteiger partial charge in [-0.15, -0.1) is 0 Å². The van der Waals surface area contributed by atoms with Gasteiger partial charge in [-0.25, -0.2) is 4.98 Å². The van der Waals surface area contributed by atoms with Gasteiger partial charge in [0.1, 0.15) is 5.82 Å². The number of anilines is 3. The number of nitrogens with one attached hydrogen (secondary N) is 2. The number of nitrogens with two attached hydrogens (primary N) is 1. The number of aromatic amines is 1. The van der Waals surface area contributed by atoms with Gasteiger partial charge in [-0.05, 0) is 44.1 Å². The average molecular weight is 399 g/mol. The summed E-state index contributed by atoms with van der Waals surface area (Å²) in [4.78, 5) is 25.1. The molecule has 2 fully saturated rings. The Balaban J connectivity index is 1.38. The van der Waals surface area contributed by atoms with Gasteiger partial charge in [0.25, 0.3) is 0 Å². The molecule has 9 heteroatoms. The molecule has 1 saturated heterocycles. The maximum absolute atomic E-state index is 12.2. The fraction of sp³-hybridized carbons (Fsp3) is 0.600. The summed E-state index contributed by atoms with van der Waals surface area (Å²) in [5.74, 6) is 2.65. The van der Waals surface area contributed by atoms with Gasteiger partial charge in [-0.1, -0.05) is 0 Å². The molecule has 4 N–H and O–H groups in total. The molecule has 0 unspecified atom stereocenters. The molecule has 156 valence electrons. The number of hydrogen-bond acceptors (Lipinski definition) is 7. The van der Waals surface area contributed by atoms with E-state index in [0.717, 1.165) is 50.9 Å². The third-order valence-corrected chi connectivity index (χ3v) is 6.06. The third-order valence-electron chi connectivity index (χ3n) is 6.06. The smallest absolute Gasteiger partial charge is 0.231 e. The minimum absolute atomic E-state index is 0.134. The van der Waals surface area contributed by atoms with Gasteiger partial charge in [0.2, 0.25) is 11.9 Å². The van der Waals surface area contributed by atoms with E-state index in [0.29, 0.717) is 29.5 Å².